The molecule has 0 spiro atoms. The van der Waals surface area contributed by atoms with Crippen molar-refractivity contribution in [2.75, 3.05) is 7.11 Å². The van der Waals surface area contributed by atoms with Crippen LogP contribution in [-0.2, 0) is 0 Å². The second-order valence-electron chi connectivity index (χ2n) is 4.61. The molecule has 0 aliphatic carbocycles. The molecule has 4 nitrogen and oxygen atoms in total. The van der Waals surface area contributed by atoms with Crippen LogP contribution in [0.5, 0.6) is 5.75 Å². The van der Waals surface area contributed by atoms with Crippen LogP contribution in [0, 0.1) is 0 Å². The summed E-state index contributed by atoms with van der Waals surface area (Å²) >= 11 is 0. The van der Waals surface area contributed by atoms with Crippen LogP contribution in [0.3, 0.4) is 0 Å². The van der Waals surface area contributed by atoms with Crippen LogP contribution in [0.4, 0.5) is 0 Å². The van der Waals surface area contributed by atoms with Crippen LogP contribution >= 0.6 is 0 Å². The summed E-state index contributed by atoms with van der Waals surface area (Å²) in [6.45, 7) is 0. The van der Waals surface area contributed by atoms with E-state index in [-0.39, 0.29) is 5.56 Å². The molecule has 1 aromatic heterocycles. The fourth-order valence-electron chi connectivity index (χ4n) is 2.27. The summed E-state index contributed by atoms with van der Waals surface area (Å²) in [6, 6.07) is 16.4. The minimum Gasteiger partial charge on any atom is -0.497 e. The van der Waals surface area contributed by atoms with Crippen molar-refractivity contribution in [1.82, 2.24) is 4.98 Å². The molecule has 0 aliphatic heterocycles. The number of rotatable bonds is 3. The van der Waals surface area contributed by atoms with E-state index in [0.717, 1.165) is 5.56 Å². The quantitative estimate of drug-likeness (QED) is 0.795. The number of benzene rings is 2. The molecule has 2 aromatic carbocycles. The Morgan fingerprint density at radius 1 is 1.10 bits per heavy atom. The Bertz CT molecular complexity index is 813. The first-order chi connectivity index (χ1) is 10.2. The lowest BCUT2D eigenvalue weighted by molar-refractivity contribution is 0.0699. The van der Waals surface area contributed by atoms with Gasteiger partial charge in [-0.1, -0.05) is 30.3 Å². The number of hydrogen-bond donors (Lipinski definition) is 1. The number of aromatic carboxylic acids is 1. The molecule has 104 valence electrons. The molecule has 0 saturated carbocycles. The molecule has 0 aliphatic rings. The van der Waals surface area contributed by atoms with E-state index < -0.39 is 5.97 Å². The highest BCUT2D eigenvalue weighted by Crippen LogP contribution is 2.27. The van der Waals surface area contributed by atoms with Gasteiger partial charge in [0, 0.05) is 10.9 Å². The van der Waals surface area contributed by atoms with Gasteiger partial charge in [-0.05, 0) is 24.3 Å². The Morgan fingerprint density at radius 2 is 1.86 bits per heavy atom. The van der Waals surface area contributed by atoms with Crippen molar-refractivity contribution in [3.8, 4) is 17.0 Å². The number of pyridine rings is 1. The number of ether oxygens (including phenoxy) is 1. The van der Waals surface area contributed by atoms with E-state index in [1.54, 1.807) is 31.4 Å². The van der Waals surface area contributed by atoms with Crippen molar-refractivity contribution >= 4 is 16.9 Å². The lowest BCUT2D eigenvalue weighted by atomic mass is 10.0. The van der Waals surface area contributed by atoms with Gasteiger partial charge in [-0.2, -0.15) is 0 Å². The maximum atomic E-state index is 11.5. The molecule has 3 aromatic rings. The van der Waals surface area contributed by atoms with E-state index in [2.05, 4.69) is 4.98 Å². The molecule has 4 heteroatoms. The molecule has 0 bridgehead atoms. The first-order valence-corrected chi connectivity index (χ1v) is 6.46. The number of hydrogen-bond acceptors (Lipinski definition) is 3. The SMILES string of the molecule is COc1ccc2nc(-c3ccccc3)cc(C(=O)O)c2c1. The molecule has 1 heterocycles. The predicted octanol–water partition coefficient (Wildman–Crippen LogP) is 3.61. The van der Waals surface area contributed by atoms with Crippen LogP contribution in [0.15, 0.2) is 54.6 Å². The number of carboxylic acids is 1. The third-order valence-electron chi connectivity index (χ3n) is 3.32. The topological polar surface area (TPSA) is 59.4 Å². The van der Waals surface area contributed by atoms with Crippen LogP contribution in [-0.4, -0.2) is 23.2 Å². The van der Waals surface area contributed by atoms with Gasteiger partial charge >= 0.3 is 5.97 Å². The fourth-order valence-corrected chi connectivity index (χ4v) is 2.27. The molecule has 0 fully saturated rings. The van der Waals surface area contributed by atoms with Crippen molar-refractivity contribution in [2.24, 2.45) is 0 Å². The summed E-state index contributed by atoms with van der Waals surface area (Å²) in [6.07, 6.45) is 0. The van der Waals surface area contributed by atoms with Crippen molar-refractivity contribution in [1.29, 1.82) is 0 Å². The zero-order valence-corrected chi connectivity index (χ0v) is 11.4. The van der Waals surface area contributed by atoms with Crippen LogP contribution in [0.1, 0.15) is 10.4 Å². The molecule has 21 heavy (non-hydrogen) atoms. The molecule has 0 amide bonds. The fraction of sp³-hybridized carbons (Fsp3) is 0.0588. The number of nitrogens with zero attached hydrogens (tertiary/aromatic N) is 1. The summed E-state index contributed by atoms with van der Waals surface area (Å²) in [7, 11) is 1.55. The molecule has 1 N–H and O–H groups in total. The summed E-state index contributed by atoms with van der Waals surface area (Å²) in [5, 5.41) is 10.0. The smallest absolute Gasteiger partial charge is 0.336 e. The summed E-state index contributed by atoms with van der Waals surface area (Å²) in [5.41, 5.74) is 2.38. The van der Waals surface area contributed by atoms with E-state index in [9.17, 15) is 9.90 Å². The minimum atomic E-state index is -0.979. The molecule has 3 rings (SSSR count). The van der Waals surface area contributed by atoms with Gasteiger partial charge in [-0.25, -0.2) is 9.78 Å². The second-order valence-corrected chi connectivity index (χ2v) is 4.61. The maximum Gasteiger partial charge on any atom is 0.336 e. The first-order valence-electron chi connectivity index (χ1n) is 6.46. The monoisotopic (exact) mass is 279 g/mol. The Hall–Kier alpha value is -2.88. The van der Waals surface area contributed by atoms with Crippen molar-refractivity contribution in [3.05, 3.63) is 60.2 Å². The van der Waals surface area contributed by atoms with E-state index >= 15 is 0 Å². The third-order valence-corrected chi connectivity index (χ3v) is 3.32. The average Bonchev–Trinajstić information content (AvgIpc) is 2.54. The highest BCUT2D eigenvalue weighted by molar-refractivity contribution is 6.04. The number of carbonyl (C=O) groups is 1. The van der Waals surface area contributed by atoms with Gasteiger partial charge in [-0.15, -0.1) is 0 Å². The van der Waals surface area contributed by atoms with Gasteiger partial charge in [0.25, 0.3) is 0 Å². The Morgan fingerprint density at radius 3 is 2.52 bits per heavy atom. The van der Waals surface area contributed by atoms with Crippen molar-refractivity contribution in [3.63, 3.8) is 0 Å². The van der Waals surface area contributed by atoms with Gasteiger partial charge in [0.1, 0.15) is 5.75 Å². The summed E-state index contributed by atoms with van der Waals surface area (Å²) in [4.78, 5) is 16.1. The van der Waals surface area contributed by atoms with Gasteiger partial charge < -0.3 is 9.84 Å². The highest BCUT2D eigenvalue weighted by Gasteiger charge is 2.13. The molecular weight excluding hydrogens is 266 g/mol. The van der Waals surface area contributed by atoms with Crippen LogP contribution in [0.25, 0.3) is 22.2 Å². The molecule has 0 unspecified atom stereocenters. The number of fused-ring (bicyclic) bond motifs is 1. The van der Waals surface area contributed by atoms with E-state index in [1.807, 2.05) is 30.3 Å². The molecule has 0 atom stereocenters. The van der Waals surface area contributed by atoms with Crippen molar-refractivity contribution < 1.29 is 14.6 Å². The lowest BCUT2D eigenvalue weighted by Gasteiger charge is -2.08. The normalized spacial score (nSPS) is 10.5. The van der Waals surface area contributed by atoms with E-state index in [1.165, 1.54) is 0 Å². The van der Waals surface area contributed by atoms with Crippen LogP contribution < -0.4 is 4.74 Å². The van der Waals surface area contributed by atoms with Gasteiger partial charge in [0.05, 0.1) is 23.9 Å². The van der Waals surface area contributed by atoms with E-state index in [0.29, 0.717) is 22.3 Å². The second kappa shape index (κ2) is 5.25. The van der Waals surface area contributed by atoms with Crippen LogP contribution in [0.2, 0.25) is 0 Å². The number of aromatic nitrogens is 1. The van der Waals surface area contributed by atoms with Gasteiger partial charge in [0.15, 0.2) is 0 Å². The maximum absolute atomic E-state index is 11.5. The largest absolute Gasteiger partial charge is 0.497 e. The van der Waals surface area contributed by atoms with Gasteiger partial charge in [-0.3, -0.25) is 0 Å². The molecule has 0 saturated heterocycles. The van der Waals surface area contributed by atoms with E-state index in [4.69, 9.17) is 4.74 Å². The predicted molar refractivity (Wildman–Crippen MR) is 80.7 cm³/mol. The summed E-state index contributed by atoms with van der Waals surface area (Å²) in [5.74, 6) is -0.368. The molecular formula is C17H13NO3. The molecule has 0 radical (unpaired) electrons. The van der Waals surface area contributed by atoms with Gasteiger partial charge in [0.2, 0.25) is 0 Å². The van der Waals surface area contributed by atoms with Crippen molar-refractivity contribution in [2.45, 2.75) is 0 Å². The standard InChI is InChI=1S/C17H13NO3/c1-21-12-7-8-15-13(9-12)14(17(19)20)10-16(18-15)11-5-3-2-4-6-11/h2-10H,1H3,(H,19,20). The highest BCUT2D eigenvalue weighted by atomic mass is 16.5. The Labute approximate surface area is 121 Å². The zero-order chi connectivity index (χ0) is 14.8. The number of methoxy groups -OCH3 is 1. The number of carboxylic acid groups (broad SMARTS) is 1. The average molecular weight is 279 g/mol. The Kier molecular flexibility index (Phi) is 3.28. The zero-order valence-electron chi connectivity index (χ0n) is 11.4. The lowest BCUT2D eigenvalue weighted by Crippen LogP contribution is -2.00. The first kappa shape index (κ1) is 13.1. The minimum absolute atomic E-state index is 0.220. The third kappa shape index (κ3) is 2.43. The summed E-state index contributed by atoms with van der Waals surface area (Å²) < 4.78 is 5.15. The Balaban J connectivity index is 2.29.